The molecule has 0 fully saturated rings. The number of aromatic hydroxyl groups is 1. The summed E-state index contributed by atoms with van der Waals surface area (Å²) in [5.74, 6) is 1.06. The van der Waals surface area contributed by atoms with Crippen LogP contribution in [0, 0.1) is 0 Å². The smallest absolute Gasteiger partial charge is 0.345 e. The number of hydrogen-bond donors (Lipinski definition) is 1. The van der Waals surface area contributed by atoms with Crippen LogP contribution in [-0.2, 0) is 5.54 Å². The molecule has 0 aliphatic carbocycles. The summed E-state index contributed by atoms with van der Waals surface area (Å²) in [6, 6.07) is 13.0. The number of rotatable bonds is 4. The Balaban J connectivity index is 1.44. The second-order valence-corrected chi connectivity index (χ2v) is 10.6. The minimum Gasteiger partial charge on any atom is -0.497 e. The van der Waals surface area contributed by atoms with Gasteiger partial charge >= 0.3 is 5.63 Å². The Bertz CT molecular complexity index is 1740. The van der Waals surface area contributed by atoms with E-state index in [4.69, 9.17) is 9.15 Å². The molecule has 0 radical (unpaired) electrons. The van der Waals surface area contributed by atoms with Gasteiger partial charge in [0.05, 0.1) is 23.9 Å². The second kappa shape index (κ2) is 8.03. The van der Waals surface area contributed by atoms with Crippen molar-refractivity contribution in [1.29, 1.82) is 0 Å². The molecule has 0 amide bonds. The van der Waals surface area contributed by atoms with Crippen LogP contribution in [0.2, 0.25) is 0 Å². The van der Waals surface area contributed by atoms with Gasteiger partial charge in [0.2, 0.25) is 11.0 Å². The molecule has 9 heteroatoms. The minimum absolute atomic E-state index is 0.0621. The van der Waals surface area contributed by atoms with Gasteiger partial charge in [-0.25, -0.2) is 9.78 Å². The average Bonchev–Trinajstić information content (AvgIpc) is 3.43. The van der Waals surface area contributed by atoms with Crippen molar-refractivity contribution in [2.45, 2.75) is 38.6 Å². The molecule has 0 saturated heterocycles. The van der Waals surface area contributed by atoms with E-state index >= 15 is 0 Å². The van der Waals surface area contributed by atoms with Gasteiger partial charge in [0.15, 0.2) is 5.69 Å². The van der Waals surface area contributed by atoms with Crippen LogP contribution in [0.15, 0.2) is 67.3 Å². The Labute approximate surface area is 210 Å². The van der Waals surface area contributed by atoms with Crippen LogP contribution in [0.25, 0.3) is 33.1 Å². The quantitative estimate of drug-likeness (QED) is 0.207. The molecule has 6 rings (SSSR count). The number of fused-ring (bicyclic) bond motifs is 1. The highest BCUT2D eigenvalue weighted by molar-refractivity contribution is 7.13. The van der Waals surface area contributed by atoms with Crippen molar-refractivity contribution in [3.63, 3.8) is 0 Å². The number of benzene rings is 2. The van der Waals surface area contributed by atoms with Crippen LogP contribution in [0.4, 0.5) is 10.8 Å². The summed E-state index contributed by atoms with van der Waals surface area (Å²) >= 11 is 1.26. The minimum atomic E-state index is -0.461. The second-order valence-electron chi connectivity index (χ2n) is 9.74. The molecule has 1 unspecified atom stereocenters. The average molecular weight is 501 g/mol. The Kier molecular flexibility index (Phi) is 5.01. The van der Waals surface area contributed by atoms with Gasteiger partial charge in [-0.3, -0.25) is 0 Å². The van der Waals surface area contributed by atoms with Gasteiger partial charge in [-0.05, 0) is 56.0 Å². The monoisotopic (exact) mass is 500 g/mol. The first-order valence-electron chi connectivity index (χ1n) is 11.6. The van der Waals surface area contributed by atoms with Gasteiger partial charge in [0.1, 0.15) is 11.3 Å². The summed E-state index contributed by atoms with van der Waals surface area (Å²) in [6.45, 7) is 6.41. The van der Waals surface area contributed by atoms with Crippen molar-refractivity contribution in [3.8, 4) is 22.9 Å². The van der Waals surface area contributed by atoms with E-state index in [0.717, 1.165) is 28.3 Å². The van der Waals surface area contributed by atoms with E-state index in [0.29, 0.717) is 39.3 Å². The largest absolute Gasteiger partial charge is 0.497 e. The number of hydrogen-bond acceptors (Lipinski definition) is 8. The van der Waals surface area contributed by atoms with Crippen LogP contribution in [0.3, 0.4) is 0 Å². The van der Waals surface area contributed by atoms with Gasteiger partial charge < -0.3 is 18.8 Å². The normalized spacial score (nSPS) is 16.8. The molecule has 8 nitrogen and oxygen atoms in total. The first-order chi connectivity index (χ1) is 17.3. The number of para-hydroxylation sites is 1. The van der Waals surface area contributed by atoms with Gasteiger partial charge in [-0.1, -0.05) is 25.1 Å². The highest BCUT2D eigenvalue weighted by Gasteiger charge is 2.37. The van der Waals surface area contributed by atoms with E-state index in [2.05, 4.69) is 36.0 Å². The number of aromatic nitrogens is 2. The number of ether oxygens (including phenoxy) is 1. The lowest BCUT2D eigenvalue weighted by Gasteiger charge is -2.36. The van der Waals surface area contributed by atoms with Gasteiger partial charge in [-0.2, -0.15) is 0 Å². The summed E-state index contributed by atoms with van der Waals surface area (Å²) in [6.07, 6.45) is 0.866. The predicted octanol–water partition coefficient (Wildman–Crippen LogP) is 7.24. The van der Waals surface area contributed by atoms with Crippen molar-refractivity contribution >= 4 is 44.0 Å². The molecule has 2 aromatic carbocycles. The summed E-state index contributed by atoms with van der Waals surface area (Å²) in [5, 5.41) is 23.7. The maximum Gasteiger partial charge on any atom is 0.345 e. The van der Waals surface area contributed by atoms with Crippen molar-refractivity contribution in [2.75, 3.05) is 7.11 Å². The summed E-state index contributed by atoms with van der Waals surface area (Å²) in [4.78, 5) is 17.0. The Morgan fingerprint density at radius 1 is 1.22 bits per heavy atom. The van der Waals surface area contributed by atoms with E-state index in [1.165, 1.54) is 11.3 Å². The lowest BCUT2D eigenvalue weighted by Crippen LogP contribution is -2.31. The lowest BCUT2D eigenvalue weighted by molar-refractivity contribution is 0.267. The number of azo groups is 1. The van der Waals surface area contributed by atoms with E-state index in [-0.39, 0.29) is 11.4 Å². The van der Waals surface area contributed by atoms with Gasteiger partial charge in [0, 0.05) is 21.7 Å². The zero-order valence-electron chi connectivity index (χ0n) is 20.3. The van der Waals surface area contributed by atoms with E-state index in [1.54, 1.807) is 24.6 Å². The van der Waals surface area contributed by atoms with E-state index in [1.807, 2.05) is 34.9 Å². The van der Waals surface area contributed by atoms with Gasteiger partial charge in [-0.15, -0.1) is 21.6 Å². The summed E-state index contributed by atoms with van der Waals surface area (Å²) in [7, 11) is 1.63. The zero-order chi connectivity index (χ0) is 25.2. The fraction of sp³-hybridized carbons (Fsp3) is 0.259. The number of thiazole rings is 1. The lowest BCUT2D eigenvalue weighted by atomic mass is 9.82. The van der Waals surface area contributed by atoms with Crippen LogP contribution < -0.4 is 10.4 Å². The summed E-state index contributed by atoms with van der Waals surface area (Å²) < 4.78 is 12.9. The molecule has 0 spiro atoms. The third kappa shape index (κ3) is 3.42. The molecule has 1 aliphatic rings. The summed E-state index contributed by atoms with van der Waals surface area (Å²) in [5.41, 5.74) is 3.03. The zero-order valence-corrected chi connectivity index (χ0v) is 21.1. The maximum atomic E-state index is 12.5. The van der Waals surface area contributed by atoms with Crippen molar-refractivity contribution in [3.05, 3.63) is 63.8 Å². The van der Waals surface area contributed by atoms with Gasteiger partial charge in [0.25, 0.3) is 0 Å². The molecule has 0 saturated carbocycles. The maximum absolute atomic E-state index is 12.5. The van der Waals surface area contributed by atoms with Crippen LogP contribution in [-0.4, -0.2) is 21.8 Å². The van der Waals surface area contributed by atoms with Crippen molar-refractivity contribution in [2.24, 2.45) is 10.2 Å². The first-order valence-corrected chi connectivity index (χ1v) is 12.5. The Hall–Kier alpha value is -3.98. The topological polar surface area (TPSA) is 102 Å². The fourth-order valence-corrected chi connectivity index (χ4v) is 5.93. The molecule has 36 heavy (non-hydrogen) atoms. The highest BCUT2D eigenvalue weighted by Crippen LogP contribution is 2.52. The van der Waals surface area contributed by atoms with E-state index in [9.17, 15) is 9.90 Å². The molecule has 1 N–H and O–H groups in total. The first kappa shape index (κ1) is 22.5. The molecular weight excluding hydrogens is 476 g/mol. The third-order valence-corrected chi connectivity index (χ3v) is 7.56. The molecule has 3 aromatic heterocycles. The number of nitrogens with zero attached hydrogens (tertiary/aromatic N) is 4. The molecular formula is C27H24N4O4S. The fourth-order valence-electron chi connectivity index (χ4n) is 5.29. The molecule has 0 bridgehead atoms. The standard InChI is InChI=1S/C27H24N4O4S/c1-14-12-27(2,3)31-23-17(14)10-16(34-4)11-19(23)22(24(31)32)29-30-26-28-20(13-36-26)18-9-15-7-5-6-8-21(15)35-25(18)33/h5-11,13-14,32H,12H2,1-4H3. The molecule has 5 aromatic rings. The molecule has 4 heterocycles. The number of methoxy groups -OCH3 is 1. The van der Waals surface area contributed by atoms with E-state index < -0.39 is 5.63 Å². The Morgan fingerprint density at radius 3 is 2.83 bits per heavy atom. The SMILES string of the molecule is COc1cc2c3c(c1)c(N=Nc1nc(-c4cc5ccccc5oc4=O)cs1)c(O)n3C(C)(C)CC2C. The third-order valence-electron chi connectivity index (χ3n) is 6.84. The Morgan fingerprint density at radius 2 is 2.03 bits per heavy atom. The molecule has 182 valence electrons. The van der Waals surface area contributed by atoms with Crippen LogP contribution in [0.5, 0.6) is 11.6 Å². The van der Waals surface area contributed by atoms with Crippen LogP contribution in [0.1, 0.15) is 38.7 Å². The van der Waals surface area contributed by atoms with Crippen molar-refractivity contribution in [1.82, 2.24) is 9.55 Å². The highest BCUT2D eigenvalue weighted by atomic mass is 32.1. The molecule has 1 aliphatic heterocycles. The van der Waals surface area contributed by atoms with Crippen LogP contribution >= 0.6 is 11.3 Å². The predicted molar refractivity (Wildman–Crippen MR) is 140 cm³/mol. The molecule has 1 atom stereocenters. The van der Waals surface area contributed by atoms with Crippen molar-refractivity contribution < 1.29 is 14.3 Å².